The number of nitriles is 2. The summed E-state index contributed by atoms with van der Waals surface area (Å²) < 4.78 is 0. The number of benzene rings is 1. The minimum atomic E-state index is -0.242. The van der Waals surface area contributed by atoms with E-state index in [1.807, 2.05) is 26.0 Å². The first-order valence-corrected chi connectivity index (χ1v) is 6.17. The van der Waals surface area contributed by atoms with E-state index in [1.54, 1.807) is 18.2 Å². The third-order valence-corrected chi connectivity index (χ3v) is 3.06. The Bertz CT molecular complexity index is 658. The van der Waals surface area contributed by atoms with Crippen LogP contribution in [-0.4, -0.2) is 11.4 Å². The summed E-state index contributed by atoms with van der Waals surface area (Å²) in [6.07, 6.45) is 2.10. The van der Waals surface area contributed by atoms with Gasteiger partial charge in [0.2, 0.25) is 0 Å². The zero-order valence-corrected chi connectivity index (χ0v) is 11.3. The van der Waals surface area contributed by atoms with Gasteiger partial charge in [0.1, 0.15) is 17.7 Å². The van der Waals surface area contributed by atoms with E-state index in [9.17, 15) is 4.79 Å². The minimum Gasteiger partial charge on any atom is -0.360 e. The van der Waals surface area contributed by atoms with Gasteiger partial charge in [-0.3, -0.25) is 4.79 Å². The molecular formula is C15H14N4O. The molecule has 0 aliphatic carbocycles. The fourth-order valence-corrected chi connectivity index (χ4v) is 2.17. The van der Waals surface area contributed by atoms with Gasteiger partial charge in [-0.05, 0) is 38.0 Å². The Morgan fingerprint density at radius 1 is 1.40 bits per heavy atom. The summed E-state index contributed by atoms with van der Waals surface area (Å²) in [5.41, 5.74) is 2.02. The fraction of sp³-hybridized carbons (Fsp3) is 0.267. The van der Waals surface area contributed by atoms with Gasteiger partial charge in [0.15, 0.2) is 0 Å². The Hall–Kier alpha value is -2.79. The van der Waals surface area contributed by atoms with E-state index in [1.165, 1.54) is 6.20 Å². The van der Waals surface area contributed by atoms with E-state index in [4.69, 9.17) is 10.5 Å². The highest BCUT2D eigenvalue weighted by Crippen LogP contribution is 2.25. The van der Waals surface area contributed by atoms with Crippen LogP contribution in [0.1, 0.15) is 29.8 Å². The van der Waals surface area contributed by atoms with Gasteiger partial charge in [-0.2, -0.15) is 10.5 Å². The molecule has 20 heavy (non-hydrogen) atoms. The van der Waals surface area contributed by atoms with E-state index in [-0.39, 0.29) is 17.0 Å². The lowest BCUT2D eigenvalue weighted by Gasteiger charge is -2.32. The molecule has 1 aliphatic rings. The molecule has 0 radical (unpaired) electrons. The molecule has 0 bridgehead atoms. The number of hydrogen-bond acceptors (Lipinski definition) is 4. The highest BCUT2D eigenvalue weighted by molar-refractivity contribution is 5.98. The lowest BCUT2D eigenvalue weighted by Crippen LogP contribution is -2.49. The molecule has 0 fully saturated rings. The van der Waals surface area contributed by atoms with Crippen molar-refractivity contribution in [3.63, 3.8) is 0 Å². The molecule has 1 amide bonds. The molecule has 1 aromatic carbocycles. The van der Waals surface area contributed by atoms with Crippen LogP contribution in [0.3, 0.4) is 0 Å². The molecule has 0 unspecified atom stereocenters. The van der Waals surface area contributed by atoms with E-state index in [0.29, 0.717) is 11.3 Å². The second-order valence-electron chi connectivity index (χ2n) is 5.31. The normalized spacial score (nSPS) is 15.1. The van der Waals surface area contributed by atoms with Crippen molar-refractivity contribution in [3.8, 4) is 12.1 Å². The van der Waals surface area contributed by atoms with Crippen LogP contribution in [-0.2, 0) is 6.42 Å². The van der Waals surface area contributed by atoms with Crippen LogP contribution in [0, 0.1) is 22.7 Å². The Labute approximate surface area is 117 Å². The highest BCUT2D eigenvalue weighted by atomic mass is 16.1. The molecule has 5 heteroatoms. The number of hydrogen-bond donors (Lipinski definition) is 2. The van der Waals surface area contributed by atoms with Crippen LogP contribution in [0.2, 0.25) is 0 Å². The fourth-order valence-electron chi connectivity index (χ4n) is 2.17. The summed E-state index contributed by atoms with van der Waals surface area (Å²) in [5.74, 6) is -0.107. The lowest BCUT2D eigenvalue weighted by molar-refractivity contribution is 0.0897. The van der Waals surface area contributed by atoms with Crippen molar-refractivity contribution in [1.29, 1.82) is 10.5 Å². The molecule has 0 saturated carbocycles. The van der Waals surface area contributed by atoms with Gasteiger partial charge in [0.05, 0.1) is 0 Å². The van der Waals surface area contributed by atoms with Crippen LogP contribution >= 0.6 is 0 Å². The van der Waals surface area contributed by atoms with Crippen LogP contribution in [0.4, 0.5) is 5.69 Å². The molecule has 1 aromatic rings. The Balaban J connectivity index is 2.28. The summed E-state index contributed by atoms with van der Waals surface area (Å²) in [7, 11) is 0. The summed E-state index contributed by atoms with van der Waals surface area (Å²) in [6, 6.07) is 8.97. The maximum atomic E-state index is 12.0. The molecule has 0 aromatic heterocycles. The van der Waals surface area contributed by atoms with Crippen molar-refractivity contribution in [2.24, 2.45) is 0 Å². The average molecular weight is 266 g/mol. The van der Waals surface area contributed by atoms with E-state index in [0.717, 1.165) is 12.0 Å². The highest BCUT2D eigenvalue weighted by Gasteiger charge is 2.29. The molecule has 0 atom stereocenters. The Kier molecular flexibility index (Phi) is 3.45. The number of carbonyl (C=O) groups excluding carboxylic acids is 1. The summed E-state index contributed by atoms with van der Waals surface area (Å²) in [6.45, 7) is 3.96. The van der Waals surface area contributed by atoms with Gasteiger partial charge in [0.25, 0.3) is 5.91 Å². The number of nitrogens with one attached hydrogen (secondary N) is 2. The van der Waals surface area contributed by atoms with Crippen molar-refractivity contribution in [2.45, 2.75) is 25.8 Å². The smallest absolute Gasteiger partial charge is 0.252 e. The number of allylic oxidation sites excluding steroid dienone is 1. The first-order valence-electron chi connectivity index (χ1n) is 6.17. The number of nitrogens with zero attached hydrogens (tertiary/aromatic N) is 2. The number of carbonyl (C=O) groups is 1. The zero-order valence-electron chi connectivity index (χ0n) is 11.3. The van der Waals surface area contributed by atoms with Crippen LogP contribution in [0.5, 0.6) is 0 Å². The first kappa shape index (κ1) is 13.6. The zero-order chi connectivity index (χ0) is 14.8. The van der Waals surface area contributed by atoms with E-state index in [2.05, 4.69) is 10.6 Å². The molecule has 0 saturated heterocycles. The second kappa shape index (κ2) is 5.07. The average Bonchev–Trinajstić information content (AvgIpc) is 2.39. The molecule has 2 N–H and O–H groups in total. The van der Waals surface area contributed by atoms with Crippen molar-refractivity contribution in [3.05, 3.63) is 41.1 Å². The SMILES string of the molecule is CC1(C)Cc2ccc(NC=C(C#N)C#N)cc2C(=O)N1. The molecule has 1 heterocycles. The van der Waals surface area contributed by atoms with Gasteiger partial charge < -0.3 is 10.6 Å². The predicted octanol–water partition coefficient (Wildman–Crippen LogP) is 2.09. The third-order valence-electron chi connectivity index (χ3n) is 3.06. The van der Waals surface area contributed by atoms with Crippen molar-refractivity contribution >= 4 is 11.6 Å². The Morgan fingerprint density at radius 3 is 2.75 bits per heavy atom. The molecule has 100 valence electrons. The second-order valence-corrected chi connectivity index (χ2v) is 5.31. The largest absolute Gasteiger partial charge is 0.360 e. The quantitative estimate of drug-likeness (QED) is 0.802. The van der Waals surface area contributed by atoms with Crippen LogP contribution in [0.15, 0.2) is 30.0 Å². The summed E-state index contributed by atoms with van der Waals surface area (Å²) in [5, 5.41) is 23.1. The number of amides is 1. The molecule has 1 aliphatic heterocycles. The van der Waals surface area contributed by atoms with E-state index < -0.39 is 0 Å². The Morgan fingerprint density at radius 2 is 2.10 bits per heavy atom. The van der Waals surface area contributed by atoms with Gasteiger partial charge in [-0.1, -0.05) is 6.07 Å². The molecule has 2 rings (SSSR count). The third kappa shape index (κ3) is 2.78. The molecule has 0 spiro atoms. The maximum absolute atomic E-state index is 12.0. The van der Waals surface area contributed by atoms with Gasteiger partial charge in [0, 0.05) is 23.0 Å². The summed E-state index contributed by atoms with van der Waals surface area (Å²) in [4.78, 5) is 12.0. The van der Waals surface area contributed by atoms with Crippen LogP contribution in [0.25, 0.3) is 0 Å². The van der Waals surface area contributed by atoms with Gasteiger partial charge in [-0.15, -0.1) is 0 Å². The van der Waals surface area contributed by atoms with Crippen molar-refractivity contribution < 1.29 is 4.79 Å². The van der Waals surface area contributed by atoms with Crippen LogP contribution < -0.4 is 10.6 Å². The molecular weight excluding hydrogens is 252 g/mol. The van der Waals surface area contributed by atoms with Gasteiger partial charge >= 0.3 is 0 Å². The number of rotatable bonds is 2. The number of fused-ring (bicyclic) bond motifs is 1. The molecule has 5 nitrogen and oxygen atoms in total. The summed E-state index contributed by atoms with van der Waals surface area (Å²) >= 11 is 0. The monoisotopic (exact) mass is 266 g/mol. The standard InChI is InChI=1S/C15H14N4O/c1-15(2)6-11-3-4-12(5-13(11)14(20)19-15)18-9-10(7-16)8-17/h3-5,9,18H,6H2,1-2H3,(H,19,20). The predicted molar refractivity (Wildman–Crippen MR) is 74.6 cm³/mol. The van der Waals surface area contributed by atoms with Crippen molar-refractivity contribution in [1.82, 2.24) is 5.32 Å². The first-order chi connectivity index (χ1) is 9.45. The maximum Gasteiger partial charge on any atom is 0.252 e. The van der Waals surface area contributed by atoms with Gasteiger partial charge in [-0.25, -0.2) is 0 Å². The minimum absolute atomic E-state index is 0.0201. The van der Waals surface area contributed by atoms with Crippen molar-refractivity contribution in [2.75, 3.05) is 5.32 Å². The topological polar surface area (TPSA) is 88.7 Å². The van der Waals surface area contributed by atoms with E-state index >= 15 is 0 Å². The lowest BCUT2D eigenvalue weighted by atomic mass is 9.87. The number of anilines is 1.